The molecule has 5 nitrogen and oxygen atoms in total. The first-order valence-corrected chi connectivity index (χ1v) is 22.8. The number of terminal acetylenes is 1. The first-order valence-electron chi connectivity index (χ1n) is 22.8. The molecule has 0 N–H and O–H groups in total. The lowest BCUT2D eigenvalue weighted by Gasteiger charge is -2.14. The van der Waals surface area contributed by atoms with E-state index in [9.17, 15) is 0 Å². The van der Waals surface area contributed by atoms with Crippen molar-refractivity contribution in [2.45, 2.75) is 0 Å². The second kappa shape index (κ2) is 16.0. The maximum atomic E-state index is 6.57. The summed E-state index contributed by atoms with van der Waals surface area (Å²) >= 11 is 0. The Morgan fingerprint density at radius 3 is 1.44 bits per heavy atom. The van der Waals surface area contributed by atoms with E-state index in [0.717, 1.165) is 94.1 Å². The normalized spacial score (nSPS) is 11.5. The number of benzene rings is 10. The quantitative estimate of drug-likeness (QED) is 0.150. The van der Waals surface area contributed by atoms with Gasteiger partial charge in [-0.15, -0.1) is 6.42 Å². The summed E-state index contributed by atoms with van der Waals surface area (Å²) < 4.78 is 4.78. The third kappa shape index (κ3) is 6.39. The molecule has 316 valence electrons. The van der Waals surface area contributed by atoms with Gasteiger partial charge in [-0.1, -0.05) is 194 Å². The monoisotopic (exact) mass is 865 g/mol. The van der Waals surface area contributed by atoms with Crippen LogP contribution in [0.1, 0.15) is 5.56 Å². The Labute approximate surface area is 392 Å². The smallest absolute Gasteiger partial charge is 0.164 e. The molecule has 13 rings (SSSR count). The summed E-state index contributed by atoms with van der Waals surface area (Å²) in [6.07, 6.45) is 6.57. The Balaban J connectivity index is 0.999. The molecule has 13 aromatic rings. The number of rotatable bonds is 7. The SMILES string of the molecule is C#Cc1cc(-c2nc(-c3ccc(-c4ccccc4)cc3)nc(-c3ccc(-c4ccccc4)cc3)n2)ccc1-n1c2ccccc2c2ccc3c(c4ccccc4n3-c3cccc4ccccc34)c21. The zero-order valence-corrected chi connectivity index (χ0v) is 36.8. The largest absolute Gasteiger partial charge is 0.309 e. The molecule has 3 aromatic heterocycles. The molecular formula is C63H39N5. The van der Waals surface area contributed by atoms with Crippen LogP contribution < -0.4 is 0 Å². The Kier molecular flexibility index (Phi) is 9.16. The number of para-hydroxylation sites is 2. The molecule has 0 aliphatic heterocycles. The highest BCUT2D eigenvalue weighted by Gasteiger charge is 2.23. The molecule has 0 atom stereocenters. The second-order valence-corrected chi connectivity index (χ2v) is 17.1. The molecule has 0 amide bonds. The highest BCUT2D eigenvalue weighted by atomic mass is 15.0. The van der Waals surface area contributed by atoms with Crippen LogP contribution in [0.25, 0.3) is 122 Å². The first kappa shape index (κ1) is 39.0. The molecule has 10 aromatic carbocycles. The van der Waals surface area contributed by atoms with Crippen molar-refractivity contribution in [3.63, 3.8) is 0 Å². The van der Waals surface area contributed by atoms with Crippen molar-refractivity contribution in [2.75, 3.05) is 0 Å². The van der Waals surface area contributed by atoms with Gasteiger partial charge in [-0.3, -0.25) is 0 Å². The Morgan fingerprint density at radius 1 is 0.324 bits per heavy atom. The lowest BCUT2D eigenvalue weighted by molar-refractivity contribution is 1.07. The van der Waals surface area contributed by atoms with E-state index < -0.39 is 0 Å². The fourth-order valence-electron chi connectivity index (χ4n) is 10.1. The molecule has 5 heteroatoms. The van der Waals surface area contributed by atoms with Gasteiger partial charge >= 0.3 is 0 Å². The van der Waals surface area contributed by atoms with E-state index in [-0.39, 0.29) is 0 Å². The highest BCUT2D eigenvalue weighted by Crippen LogP contribution is 2.43. The summed E-state index contributed by atoms with van der Waals surface area (Å²) in [7, 11) is 0. The summed E-state index contributed by atoms with van der Waals surface area (Å²) in [4.78, 5) is 15.4. The van der Waals surface area contributed by atoms with Crippen molar-refractivity contribution in [1.29, 1.82) is 0 Å². The van der Waals surface area contributed by atoms with E-state index in [1.165, 1.54) is 16.2 Å². The maximum Gasteiger partial charge on any atom is 0.164 e. The predicted octanol–water partition coefficient (Wildman–Crippen LogP) is 15.5. The average Bonchev–Trinajstić information content (AvgIpc) is 3.94. The van der Waals surface area contributed by atoms with E-state index in [1.807, 2.05) is 12.1 Å². The van der Waals surface area contributed by atoms with E-state index >= 15 is 0 Å². The third-order valence-corrected chi connectivity index (χ3v) is 13.3. The van der Waals surface area contributed by atoms with Crippen LogP contribution in [-0.2, 0) is 0 Å². The van der Waals surface area contributed by atoms with Crippen molar-refractivity contribution in [2.24, 2.45) is 0 Å². The lowest BCUT2D eigenvalue weighted by Crippen LogP contribution is -2.02. The molecule has 0 saturated carbocycles. The average molecular weight is 866 g/mol. The van der Waals surface area contributed by atoms with Gasteiger partial charge in [0.2, 0.25) is 0 Å². The Bertz CT molecular complexity index is 4010. The van der Waals surface area contributed by atoms with Crippen LogP contribution in [0, 0.1) is 12.3 Å². The summed E-state index contributed by atoms with van der Waals surface area (Å²) in [5.74, 6) is 4.79. The molecule has 68 heavy (non-hydrogen) atoms. The topological polar surface area (TPSA) is 48.5 Å². The molecule has 0 spiro atoms. The third-order valence-electron chi connectivity index (χ3n) is 13.3. The number of hydrogen-bond donors (Lipinski definition) is 0. The molecule has 0 saturated heterocycles. The fourth-order valence-corrected chi connectivity index (χ4v) is 10.1. The number of hydrogen-bond acceptors (Lipinski definition) is 3. The molecule has 0 radical (unpaired) electrons. The molecule has 0 aliphatic rings. The maximum absolute atomic E-state index is 6.57. The molecule has 0 bridgehead atoms. The van der Waals surface area contributed by atoms with E-state index in [0.29, 0.717) is 17.5 Å². The molecule has 3 heterocycles. The van der Waals surface area contributed by atoms with Crippen molar-refractivity contribution < 1.29 is 0 Å². The predicted molar refractivity (Wildman–Crippen MR) is 281 cm³/mol. The Hall–Kier alpha value is -9.37. The van der Waals surface area contributed by atoms with Gasteiger partial charge in [-0.2, -0.15) is 0 Å². The van der Waals surface area contributed by atoms with Crippen LogP contribution >= 0.6 is 0 Å². The standard InChI is InChI=1S/C63H39N5/c1-2-41-40-49(63-65-61(47-32-28-44(29-33-47)42-16-5-3-6-17-42)64-62(66-63)48-34-30-45(31-35-48)43-18-7-4-8-19-43)36-38-54(41)68-56-25-13-11-23-51(56)52-37-39-58-59(60(52)68)53-24-12-14-26-57(53)67(58)55-27-15-21-46-20-9-10-22-50(46)55/h1,3-40H. The van der Waals surface area contributed by atoms with Crippen molar-refractivity contribution in [3.05, 3.63) is 236 Å². The summed E-state index contributed by atoms with van der Waals surface area (Å²) in [6.45, 7) is 0. The molecular weight excluding hydrogens is 827 g/mol. The minimum atomic E-state index is 0.537. The van der Waals surface area contributed by atoms with Gasteiger partial charge in [-0.05, 0) is 70.1 Å². The van der Waals surface area contributed by atoms with Crippen LogP contribution in [-0.4, -0.2) is 24.1 Å². The van der Waals surface area contributed by atoms with Gasteiger partial charge in [0.1, 0.15) is 0 Å². The van der Waals surface area contributed by atoms with Crippen LogP contribution in [0.3, 0.4) is 0 Å². The highest BCUT2D eigenvalue weighted by molar-refractivity contribution is 6.26. The van der Waals surface area contributed by atoms with E-state index in [1.54, 1.807) is 0 Å². The van der Waals surface area contributed by atoms with Crippen LogP contribution in [0.4, 0.5) is 0 Å². The van der Waals surface area contributed by atoms with Gasteiger partial charge in [0.05, 0.1) is 33.4 Å². The number of nitrogens with zero attached hydrogens (tertiary/aromatic N) is 5. The molecule has 0 fully saturated rings. The zero-order valence-electron chi connectivity index (χ0n) is 36.8. The molecule has 0 unspecified atom stereocenters. The van der Waals surface area contributed by atoms with Gasteiger partial charge in [-0.25, -0.2) is 15.0 Å². The molecule has 0 aliphatic carbocycles. The fraction of sp³-hybridized carbons (Fsp3) is 0. The van der Waals surface area contributed by atoms with Crippen molar-refractivity contribution >= 4 is 54.4 Å². The number of aromatic nitrogens is 5. The van der Waals surface area contributed by atoms with Crippen LogP contribution in [0.5, 0.6) is 0 Å². The van der Waals surface area contributed by atoms with Crippen molar-refractivity contribution in [1.82, 2.24) is 24.1 Å². The second-order valence-electron chi connectivity index (χ2n) is 17.1. The summed E-state index contributed by atoms with van der Waals surface area (Å²) in [5, 5.41) is 7.04. The summed E-state index contributed by atoms with van der Waals surface area (Å²) in [6, 6.07) is 80.9. The van der Waals surface area contributed by atoms with E-state index in [2.05, 4.69) is 233 Å². The van der Waals surface area contributed by atoms with Crippen LogP contribution in [0.15, 0.2) is 231 Å². The number of fused-ring (bicyclic) bond motifs is 8. The van der Waals surface area contributed by atoms with Gasteiger partial charge < -0.3 is 9.13 Å². The van der Waals surface area contributed by atoms with Gasteiger partial charge in [0.15, 0.2) is 17.5 Å². The van der Waals surface area contributed by atoms with Gasteiger partial charge in [0.25, 0.3) is 0 Å². The lowest BCUT2D eigenvalue weighted by atomic mass is 10.0. The first-order chi connectivity index (χ1) is 33.7. The minimum absolute atomic E-state index is 0.537. The van der Waals surface area contributed by atoms with Crippen LogP contribution in [0.2, 0.25) is 0 Å². The van der Waals surface area contributed by atoms with E-state index in [4.69, 9.17) is 21.4 Å². The zero-order chi connectivity index (χ0) is 45.1. The van der Waals surface area contributed by atoms with Gasteiger partial charge in [0, 0.05) is 49.2 Å². The minimum Gasteiger partial charge on any atom is -0.309 e. The summed E-state index contributed by atoms with van der Waals surface area (Å²) in [5.41, 5.74) is 14.3. The Morgan fingerprint density at radius 2 is 0.809 bits per heavy atom. The van der Waals surface area contributed by atoms with Crippen molar-refractivity contribution in [3.8, 4) is 80.1 Å².